The van der Waals surface area contributed by atoms with Crippen LogP contribution in [0, 0.1) is 5.92 Å². The summed E-state index contributed by atoms with van der Waals surface area (Å²) in [4.78, 5) is 6.42. The Morgan fingerprint density at radius 1 is 1.35 bits per heavy atom. The molecule has 0 amide bonds. The smallest absolute Gasteiger partial charge is 0.241 e. The van der Waals surface area contributed by atoms with Crippen molar-refractivity contribution in [3.8, 4) is 0 Å². The molecule has 0 aliphatic carbocycles. The minimum absolute atomic E-state index is 0.00458. The van der Waals surface area contributed by atoms with Gasteiger partial charge in [0, 0.05) is 24.8 Å². The van der Waals surface area contributed by atoms with Crippen LogP contribution in [-0.4, -0.2) is 44.0 Å². The van der Waals surface area contributed by atoms with Crippen molar-refractivity contribution >= 4 is 15.8 Å². The molecule has 2 bridgehead atoms. The number of nitrogens with two attached hydrogens (primary N) is 1. The van der Waals surface area contributed by atoms with E-state index in [2.05, 4.69) is 20.0 Å². The second-order valence-electron chi connectivity index (χ2n) is 5.39. The fourth-order valence-electron chi connectivity index (χ4n) is 3.02. The predicted octanol–water partition coefficient (Wildman–Crippen LogP) is -0.260. The maximum absolute atomic E-state index is 12.4. The second kappa shape index (κ2) is 5.28. The van der Waals surface area contributed by atoms with Gasteiger partial charge < -0.3 is 10.3 Å². The number of nitrogens with one attached hydrogen (secondary N) is 2. The Kier molecular flexibility index (Phi) is 3.63. The highest BCUT2D eigenvalue weighted by Crippen LogP contribution is 2.28. The Morgan fingerprint density at radius 3 is 2.70 bits per heavy atom. The highest BCUT2D eigenvalue weighted by atomic mass is 32.2. The number of hydrogen-bond donors (Lipinski definition) is 3. The summed E-state index contributed by atoms with van der Waals surface area (Å²) in [7, 11) is -3.53. The van der Waals surface area contributed by atoms with Crippen molar-refractivity contribution in [1.29, 1.82) is 0 Å². The van der Waals surface area contributed by atoms with Gasteiger partial charge >= 0.3 is 0 Å². The minimum Gasteiger partial charge on any atom is -0.308 e. The zero-order valence-corrected chi connectivity index (χ0v) is 11.9. The molecule has 7 nitrogen and oxygen atoms in total. The summed E-state index contributed by atoms with van der Waals surface area (Å²) >= 11 is 0. The molecule has 1 aromatic rings. The number of nitrogen functional groups attached to an aromatic ring is 1. The van der Waals surface area contributed by atoms with Crippen molar-refractivity contribution in [2.24, 2.45) is 11.8 Å². The van der Waals surface area contributed by atoms with Gasteiger partial charge in [0.05, 0.1) is 4.90 Å². The molecule has 4 N–H and O–H groups in total. The SMILES string of the molecule is NNc1cc(S(=O)(=O)NC2CN3CCC2CC3)ccn1. The molecule has 3 aliphatic heterocycles. The van der Waals surface area contributed by atoms with E-state index in [4.69, 9.17) is 5.84 Å². The Balaban J connectivity index is 1.78. The van der Waals surface area contributed by atoms with E-state index in [0.29, 0.717) is 11.7 Å². The molecule has 1 atom stereocenters. The van der Waals surface area contributed by atoms with Gasteiger partial charge in [0.25, 0.3) is 0 Å². The largest absolute Gasteiger partial charge is 0.308 e. The lowest BCUT2D eigenvalue weighted by Gasteiger charge is -2.44. The molecular formula is C12H19N5O2S. The predicted molar refractivity (Wildman–Crippen MR) is 75.3 cm³/mol. The number of sulfonamides is 1. The van der Waals surface area contributed by atoms with Crippen LogP contribution < -0.4 is 16.0 Å². The lowest BCUT2D eigenvalue weighted by molar-refractivity contribution is 0.0827. The van der Waals surface area contributed by atoms with E-state index in [1.165, 1.54) is 18.3 Å². The van der Waals surface area contributed by atoms with Crippen LogP contribution in [0.1, 0.15) is 12.8 Å². The van der Waals surface area contributed by atoms with Gasteiger partial charge in [-0.15, -0.1) is 0 Å². The molecular weight excluding hydrogens is 278 g/mol. The van der Waals surface area contributed by atoms with Crippen LogP contribution in [0.4, 0.5) is 5.82 Å². The summed E-state index contributed by atoms with van der Waals surface area (Å²) in [5.74, 6) is 6.04. The summed E-state index contributed by atoms with van der Waals surface area (Å²) in [6, 6.07) is 2.92. The molecule has 0 aromatic carbocycles. The number of anilines is 1. The van der Waals surface area contributed by atoms with Crippen molar-refractivity contribution < 1.29 is 8.42 Å². The number of fused-ring (bicyclic) bond motifs is 3. The zero-order chi connectivity index (χ0) is 14.2. The van der Waals surface area contributed by atoms with E-state index in [1.54, 1.807) is 0 Å². The zero-order valence-electron chi connectivity index (χ0n) is 11.1. The maximum atomic E-state index is 12.4. The summed E-state index contributed by atoms with van der Waals surface area (Å²) in [6.45, 7) is 2.97. The van der Waals surface area contributed by atoms with Gasteiger partial charge in [0.2, 0.25) is 10.0 Å². The normalized spacial score (nSPS) is 29.4. The van der Waals surface area contributed by atoms with Crippen molar-refractivity contribution in [1.82, 2.24) is 14.6 Å². The van der Waals surface area contributed by atoms with Crippen LogP contribution >= 0.6 is 0 Å². The number of pyridine rings is 1. The molecule has 0 radical (unpaired) electrons. The molecule has 1 aromatic heterocycles. The van der Waals surface area contributed by atoms with Gasteiger partial charge in [0.15, 0.2) is 0 Å². The molecule has 110 valence electrons. The van der Waals surface area contributed by atoms with Crippen molar-refractivity contribution in [3.05, 3.63) is 18.3 Å². The van der Waals surface area contributed by atoms with Crippen LogP contribution in [0.5, 0.6) is 0 Å². The number of rotatable bonds is 4. The van der Waals surface area contributed by atoms with Gasteiger partial charge in [-0.1, -0.05) is 0 Å². The van der Waals surface area contributed by atoms with Gasteiger partial charge in [0.1, 0.15) is 5.82 Å². The number of hydrazine groups is 1. The maximum Gasteiger partial charge on any atom is 0.241 e. The number of piperidine rings is 3. The summed E-state index contributed by atoms with van der Waals surface area (Å²) in [6.07, 6.45) is 3.57. The number of hydrogen-bond acceptors (Lipinski definition) is 6. The van der Waals surface area contributed by atoms with E-state index in [0.717, 1.165) is 32.5 Å². The monoisotopic (exact) mass is 297 g/mol. The van der Waals surface area contributed by atoms with E-state index in [1.807, 2.05) is 0 Å². The highest BCUT2D eigenvalue weighted by Gasteiger charge is 2.36. The molecule has 4 rings (SSSR count). The Hall–Kier alpha value is -1.22. The average Bonchev–Trinajstić information content (AvgIpc) is 2.48. The third-order valence-electron chi connectivity index (χ3n) is 4.15. The average molecular weight is 297 g/mol. The van der Waals surface area contributed by atoms with Crippen LogP contribution in [-0.2, 0) is 10.0 Å². The molecule has 0 saturated carbocycles. The van der Waals surface area contributed by atoms with Crippen molar-refractivity contribution in [2.45, 2.75) is 23.8 Å². The summed E-state index contributed by atoms with van der Waals surface area (Å²) < 4.78 is 27.7. The Bertz CT molecular complexity index is 583. The number of aromatic nitrogens is 1. The lowest BCUT2D eigenvalue weighted by atomic mass is 9.85. The molecule has 3 saturated heterocycles. The van der Waals surface area contributed by atoms with E-state index in [-0.39, 0.29) is 10.9 Å². The molecule has 8 heteroatoms. The highest BCUT2D eigenvalue weighted by molar-refractivity contribution is 7.89. The van der Waals surface area contributed by atoms with Gasteiger partial charge in [-0.05, 0) is 37.9 Å². The first-order chi connectivity index (χ1) is 9.58. The molecule has 1 unspecified atom stereocenters. The molecule has 4 heterocycles. The van der Waals surface area contributed by atoms with Crippen LogP contribution in [0.2, 0.25) is 0 Å². The molecule has 20 heavy (non-hydrogen) atoms. The standard InChI is InChI=1S/C12H19N5O2S/c13-15-12-7-10(1-4-14-12)20(18,19)16-11-8-17-5-2-9(11)3-6-17/h1,4,7,9,11,16H,2-3,5-6,8,13H2,(H,14,15). The molecule has 3 aliphatic rings. The van der Waals surface area contributed by atoms with Crippen LogP contribution in [0.25, 0.3) is 0 Å². The van der Waals surface area contributed by atoms with Gasteiger partial charge in [-0.25, -0.2) is 24.0 Å². The Labute approximate surface area is 118 Å². The lowest BCUT2D eigenvalue weighted by Crippen LogP contribution is -2.57. The second-order valence-corrected chi connectivity index (χ2v) is 7.10. The fraction of sp³-hybridized carbons (Fsp3) is 0.583. The fourth-order valence-corrected chi connectivity index (χ4v) is 4.33. The third kappa shape index (κ3) is 2.64. The Morgan fingerprint density at radius 2 is 2.10 bits per heavy atom. The van der Waals surface area contributed by atoms with E-state index < -0.39 is 10.0 Å². The van der Waals surface area contributed by atoms with Crippen molar-refractivity contribution in [3.63, 3.8) is 0 Å². The summed E-state index contributed by atoms with van der Waals surface area (Å²) in [5.41, 5.74) is 2.36. The molecule has 0 spiro atoms. The van der Waals surface area contributed by atoms with Crippen LogP contribution in [0.15, 0.2) is 23.2 Å². The van der Waals surface area contributed by atoms with Crippen LogP contribution in [0.3, 0.4) is 0 Å². The third-order valence-corrected chi connectivity index (χ3v) is 5.64. The first kappa shape index (κ1) is 13.7. The quantitative estimate of drug-likeness (QED) is 0.523. The van der Waals surface area contributed by atoms with Crippen molar-refractivity contribution in [2.75, 3.05) is 25.1 Å². The van der Waals surface area contributed by atoms with Gasteiger partial charge in [-0.2, -0.15) is 0 Å². The minimum atomic E-state index is -3.53. The number of nitrogens with zero attached hydrogens (tertiary/aromatic N) is 2. The van der Waals surface area contributed by atoms with E-state index >= 15 is 0 Å². The summed E-state index contributed by atoms with van der Waals surface area (Å²) in [5, 5.41) is 0. The first-order valence-electron chi connectivity index (χ1n) is 6.76. The van der Waals surface area contributed by atoms with Gasteiger partial charge in [-0.3, -0.25) is 0 Å². The first-order valence-corrected chi connectivity index (χ1v) is 8.24. The molecule has 3 fully saturated rings. The van der Waals surface area contributed by atoms with E-state index in [9.17, 15) is 8.42 Å². The topological polar surface area (TPSA) is 100 Å².